The molecule has 2 fully saturated rings. The zero-order chi connectivity index (χ0) is 20.0. The molecule has 0 bridgehead atoms. The van der Waals surface area contributed by atoms with Crippen LogP contribution in [-0.4, -0.2) is 67.0 Å². The van der Waals surface area contributed by atoms with E-state index < -0.39 is 36.7 Å². The Kier molecular flexibility index (Phi) is 5.55. The van der Waals surface area contributed by atoms with Gasteiger partial charge in [0.25, 0.3) is 0 Å². The van der Waals surface area contributed by atoms with Gasteiger partial charge in [0.1, 0.15) is 0 Å². The molecule has 1 heterocycles. The van der Waals surface area contributed by atoms with Crippen molar-refractivity contribution in [1.29, 1.82) is 0 Å². The highest BCUT2D eigenvalue weighted by Crippen LogP contribution is 2.55. The van der Waals surface area contributed by atoms with Gasteiger partial charge in [-0.3, -0.25) is 0 Å². The van der Waals surface area contributed by atoms with Crippen LogP contribution in [0.5, 0.6) is 0 Å². The Balaban J connectivity index is 2.06. The topological polar surface area (TPSA) is 32.7 Å². The number of halogens is 9. The molecular weight excluding hydrogens is 385 g/mol. The molecule has 1 saturated heterocycles. The molecule has 26 heavy (non-hydrogen) atoms. The number of nitrogens with zero attached hydrogens (tertiary/aromatic N) is 1. The summed E-state index contributed by atoms with van der Waals surface area (Å²) in [4.78, 5) is 1.72. The molecule has 0 aromatic rings. The van der Waals surface area contributed by atoms with E-state index in [0.29, 0.717) is 13.1 Å². The van der Waals surface area contributed by atoms with Crippen molar-refractivity contribution in [3.8, 4) is 0 Å². The van der Waals surface area contributed by atoms with Crippen LogP contribution in [0.2, 0.25) is 0 Å². The lowest BCUT2D eigenvalue weighted by atomic mass is 10.0. The van der Waals surface area contributed by atoms with Crippen LogP contribution in [0.4, 0.5) is 39.5 Å². The third kappa shape index (κ3) is 3.91. The minimum absolute atomic E-state index is 0.0192. The number of aliphatic hydroxyl groups is 1. The highest BCUT2D eigenvalue weighted by Gasteiger charge is 2.85. The van der Waals surface area contributed by atoms with Crippen LogP contribution in [0, 0.1) is 11.3 Å². The smallest absolute Gasteiger partial charge is 0.396 e. The number of aliphatic hydroxyl groups excluding tert-OH is 1. The third-order valence-corrected chi connectivity index (χ3v) is 4.95. The van der Waals surface area contributed by atoms with E-state index in [1.165, 1.54) is 0 Å². The highest BCUT2D eigenvalue weighted by atomic mass is 19.4. The summed E-state index contributed by atoms with van der Waals surface area (Å²) in [6.45, 7) is -0.674. The first kappa shape index (κ1) is 21.5. The Morgan fingerprint density at radius 3 is 1.81 bits per heavy atom. The molecule has 1 saturated carbocycles. The molecule has 2 rings (SSSR count). The molecule has 1 atom stereocenters. The molecule has 1 unspecified atom stereocenters. The molecule has 3 nitrogen and oxygen atoms in total. The predicted octanol–water partition coefficient (Wildman–Crippen LogP) is 3.52. The number of likely N-dealkylation sites (tertiary alicyclic amines) is 1. The summed E-state index contributed by atoms with van der Waals surface area (Å²) in [5.74, 6) is -0.893. The van der Waals surface area contributed by atoms with Gasteiger partial charge in [0.05, 0.1) is 6.61 Å². The molecule has 1 N–H and O–H groups in total. The second-order valence-electron chi connectivity index (χ2n) is 7.03. The van der Waals surface area contributed by atoms with Crippen molar-refractivity contribution in [1.82, 2.24) is 4.90 Å². The van der Waals surface area contributed by atoms with Crippen molar-refractivity contribution in [2.45, 2.75) is 43.4 Å². The first-order valence-electron chi connectivity index (χ1n) is 7.85. The number of ether oxygens (including phenoxy) is 1. The standard InChI is InChI=1S/C14H18F9NO2/c15-12(16,17)11(13(18,19)20,14(21,22)23)26-6-9-1-4-24(5-9)7-10(8-25)2-3-10/h9,25H,1-8H2. The van der Waals surface area contributed by atoms with Crippen LogP contribution >= 0.6 is 0 Å². The summed E-state index contributed by atoms with van der Waals surface area (Å²) in [7, 11) is 0. The quantitative estimate of drug-likeness (QED) is 0.689. The Morgan fingerprint density at radius 1 is 0.923 bits per heavy atom. The molecule has 1 aliphatic carbocycles. The summed E-state index contributed by atoms with van der Waals surface area (Å²) < 4.78 is 119. The monoisotopic (exact) mass is 403 g/mol. The van der Waals surface area contributed by atoms with Gasteiger partial charge in [-0.05, 0) is 31.7 Å². The molecule has 154 valence electrons. The van der Waals surface area contributed by atoms with Crippen molar-refractivity contribution >= 4 is 0 Å². The van der Waals surface area contributed by atoms with Gasteiger partial charge in [-0.1, -0.05) is 0 Å². The molecule has 0 aromatic heterocycles. The molecule has 0 aromatic carbocycles. The minimum atomic E-state index is -6.70. The molecule has 0 spiro atoms. The first-order valence-corrected chi connectivity index (χ1v) is 7.85. The fraction of sp³-hybridized carbons (Fsp3) is 1.00. The molecule has 1 aliphatic heterocycles. The van der Waals surface area contributed by atoms with E-state index in [-0.39, 0.29) is 25.0 Å². The lowest BCUT2D eigenvalue weighted by Gasteiger charge is -2.38. The molecule has 0 amide bonds. The van der Waals surface area contributed by atoms with E-state index in [2.05, 4.69) is 4.74 Å². The Morgan fingerprint density at radius 2 is 1.42 bits per heavy atom. The van der Waals surface area contributed by atoms with Crippen LogP contribution < -0.4 is 0 Å². The Bertz CT molecular complexity index is 460. The summed E-state index contributed by atoms with van der Waals surface area (Å²) in [6.07, 6.45) is -18.5. The average molecular weight is 403 g/mol. The van der Waals surface area contributed by atoms with Crippen molar-refractivity contribution in [2.75, 3.05) is 32.8 Å². The first-order chi connectivity index (χ1) is 11.7. The molecule has 12 heteroatoms. The zero-order valence-electron chi connectivity index (χ0n) is 13.4. The summed E-state index contributed by atoms with van der Waals surface area (Å²) in [5.41, 5.74) is -6.52. The summed E-state index contributed by atoms with van der Waals surface area (Å²) in [6, 6.07) is 0. The lowest BCUT2D eigenvalue weighted by molar-refractivity contribution is -0.458. The second-order valence-corrected chi connectivity index (χ2v) is 7.03. The number of alkyl halides is 9. The fourth-order valence-corrected chi connectivity index (χ4v) is 3.18. The van der Waals surface area contributed by atoms with E-state index in [9.17, 15) is 44.6 Å². The Hall–Kier alpha value is -0.750. The van der Waals surface area contributed by atoms with Crippen molar-refractivity contribution < 1.29 is 49.4 Å². The normalized spacial score (nSPS) is 24.9. The van der Waals surface area contributed by atoms with E-state index in [4.69, 9.17) is 0 Å². The number of hydrogen-bond acceptors (Lipinski definition) is 3. The summed E-state index contributed by atoms with van der Waals surface area (Å²) >= 11 is 0. The van der Waals surface area contributed by atoms with Gasteiger partial charge in [-0.25, -0.2) is 0 Å². The predicted molar refractivity (Wildman–Crippen MR) is 70.1 cm³/mol. The van der Waals surface area contributed by atoms with Gasteiger partial charge in [0, 0.05) is 25.1 Å². The lowest BCUT2D eigenvalue weighted by Crippen LogP contribution is -2.68. The van der Waals surface area contributed by atoms with Crippen LogP contribution in [0.25, 0.3) is 0 Å². The van der Waals surface area contributed by atoms with Gasteiger partial charge in [0.15, 0.2) is 0 Å². The van der Waals surface area contributed by atoms with Gasteiger partial charge < -0.3 is 14.7 Å². The second kappa shape index (κ2) is 6.69. The van der Waals surface area contributed by atoms with Gasteiger partial charge >= 0.3 is 24.1 Å². The maximum Gasteiger partial charge on any atom is 0.435 e. The SMILES string of the molecule is OCC1(CN2CCC(COC(C(F)(F)F)(C(F)(F)F)C(F)(F)F)C2)CC1. The van der Waals surface area contributed by atoms with E-state index in [0.717, 1.165) is 12.8 Å². The Labute approximate surface area is 143 Å². The van der Waals surface area contributed by atoms with E-state index in [1.54, 1.807) is 4.90 Å². The number of rotatable bonds is 6. The van der Waals surface area contributed by atoms with E-state index >= 15 is 0 Å². The highest BCUT2D eigenvalue weighted by molar-refractivity contribution is 5.03. The molecule has 2 aliphatic rings. The molecule has 0 radical (unpaired) electrons. The maximum atomic E-state index is 12.8. The number of hydrogen-bond donors (Lipinski definition) is 1. The van der Waals surface area contributed by atoms with Crippen molar-refractivity contribution in [2.24, 2.45) is 11.3 Å². The van der Waals surface area contributed by atoms with Crippen LogP contribution in [0.1, 0.15) is 19.3 Å². The third-order valence-electron chi connectivity index (χ3n) is 4.95. The fourth-order valence-electron chi connectivity index (χ4n) is 3.18. The van der Waals surface area contributed by atoms with Crippen molar-refractivity contribution in [3.05, 3.63) is 0 Å². The van der Waals surface area contributed by atoms with Gasteiger partial charge in [-0.15, -0.1) is 0 Å². The van der Waals surface area contributed by atoms with Crippen LogP contribution in [0.3, 0.4) is 0 Å². The van der Waals surface area contributed by atoms with Crippen LogP contribution in [-0.2, 0) is 4.74 Å². The van der Waals surface area contributed by atoms with Crippen LogP contribution in [0.15, 0.2) is 0 Å². The largest absolute Gasteiger partial charge is 0.435 e. The summed E-state index contributed by atoms with van der Waals surface area (Å²) in [5, 5.41) is 9.24. The average Bonchev–Trinajstić information content (AvgIpc) is 3.06. The molecular formula is C14H18F9NO2. The van der Waals surface area contributed by atoms with Crippen molar-refractivity contribution in [3.63, 3.8) is 0 Å². The van der Waals surface area contributed by atoms with Gasteiger partial charge in [0.2, 0.25) is 0 Å². The minimum Gasteiger partial charge on any atom is -0.396 e. The zero-order valence-corrected chi connectivity index (χ0v) is 13.4. The van der Waals surface area contributed by atoms with Gasteiger partial charge in [-0.2, -0.15) is 39.5 Å². The maximum absolute atomic E-state index is 12.8. The van der Waals surface area contributed by atoms with E-state index in [1.807, 2.05) is 0 Å².